The standard InChI is InChI=1S/C21H29N3O3/c1-13(2)11-19(25)23-17-9-6-15(12-14(17)3)21(27)24-10-4-5-18(24)20(26)22-16-7-8-16/h6,9,12-13,16,18H,4-5,7-8,10-11H2,1-3H3,(H,22,26)(H,23,25). The topological polar surface area (TPSA) is 78.5 Å². The molecule has 2 aliphatic rings. The van der Waals surface area contributed by atoms with E-state index in [-0.39, 0.29) is 23.8 Å². The van der Waals surface area contributed by atoms with E-state index < -0.39 is 0 Å². The monoisotopic (exact) mass is 371 g/mol. The van der Waals surface area contributed by atoms with E-state index in [1.807, 2.05) is 20.8 Å². The van der Waals surface area contributed by atoms with Gasteiger partial charge in [-0.05, 0) is 62.3 Å². The highest BCUT2D eigenvalue weighted by Gasteiger charge is 2.36. The van der Waals surface area contributed by atoms with Crippen molar-refractivity contribution in [3.63, 3.8) is 0 Å². The minimum absolute atomic E-state index is 0.0245. The Morgan fingerprint density at radius 3 is 2.56 bits per heavy atom. The summed E-state index contributed by atoms with van der Waals surface area (Å²) in [5, 5.41) is 5.91. The van der Waals surface area contributed by atoms with Crippen LogP contribution < -0.4 is 10.6 Å². The van der Waals surface area contributed by atoms with Gasteiger partial charge in [-0.3, -0.25) is 14.4 Å². The van der Waals surface area contributed by atoms with Crippen LogP contribution in [0.2, 0.25) is 0 Å². The summed E-state index contributed by atoms with van der Waals surface area (Å²) in [7, 11) is 0. The number of anilines is 1. The van der Waals surface area contributed by atoms with Gasteiger partial charge in [-0.1, -0.05) is 13.8 Å². The quantitative estimate of drug-likeness (QED) is 0.807. The fourth-order valence-electron chi connectivity index (χ4n) is 3.48. The fraction of sp³-hybridized carbons (Fsp3) is 0.571. The first-order valence-corrected chi connectivity index (χ1v) is 9.87. The smallest absolute Gasteiger partial charge is 0.254 e. The molecule has 2 fully saturated rings. The fourth-order valence-corrected chi connectivity index (χ4v) is 3.48. The molecular weight excluding hydrogens is 342 g/mol. The first kappa shape index (κ1) is 19.4. The largest absolute Gasteiger partial charge is 0.352 e. The van der Waals surface area contributed by atoms with Crippen molar-refractivity contribution in [3.05, 3.63) is 29.3 Å². The van der Waals surface area contributed by atoms with Gasteiger partial charge in [0.1, 0.15) is 6.04 Å². The minimum atomic E-state index is -0.371. The predicted molar refractivity (Wildman–Crippen MR) is 104 cm³/mol. The summed E-state index contributed by atoms with van der Waals surface area (Å²) in [5.74, 6) is 0.118. The second kappa shape index (κ2) is 8.11. The van der Waals surface area contributed by atoms with Crippen LogP contribution in [-0.2, 0) is 9.59 Å². The molecule has 1 unspecified atom stereocenters. The molecular formula is C21H29N3O3. The Hall–Kier alpha value is -2.37. The Morgan fingerprint density at radius 1 is 1.19 bits per heavy atom. The van der Waals surface area contributed by atoms with Crippen molar-refractivity contribution in [2.24, 2.45) is 5.92 Å². The molecule has 0 spiro atoms. The average molecular weight is 371 g/mol. The minimum Gasteiger partial charge on any atom is -0.352 e. The van der Waals surface area contributed by atoms with Gasteiger partial charge in [0, 0.05) is 30.3 Å². The van der Waals surface area contributed by atoms with Crippen molar-refractivity contribution in [3.8, 4) is 0 Å². The van der Waals surface area contributed by atoms with Crippen LogP contribution in [0.1, 0.15) is 61.9 Å². The van der Waals surface area contributed by atoms with Crippen molar-refractivity contribution in [2.75, 3.05) is 11.9 Å². The number of carbonyl (C=O) groups is 3. The highest BCUT2D eigenvalue weighted by Crippen LogP contribution is 2.25. The van der Waals surface area contributed by atoms with E-state index >= 15 is 0 Å². The molecule has 3 amide bonds. The van der Waals surface area contributed by atoms with Gasteiger partial charge in [0.2, 0.25) is 11.8 Å². The molecule has 1 saturated heterocycles. The van der Waals surface area contributed by atoms with Crippen LogP contribution in [0.5, 0.6) is 0 Å². The van der Waals surface area contributed by atoms with E-state index in [4.69, 9.17) is 0 Å². The number of likely N-dealkylation sites (tertiary alicyclic amines) is 1. The number of hydrogen-bond acceptors (Lipinski definition) is 3. The van der Waals surface area contributed by atoms with Crippen molar-refractivity contribution in [2.45, 2.75) is 65.0 Å². The van der Waals surface area contributed by atoms with Crippen LogP contribution in [0.3, 0.4) is 0 Å². The van der Waals surface area contributed by atoms with Crippen molar-refractivity contribution in [1.82, 2.24) is 10.2 Å². The van der Waals surface area contributed by atoms with Gasteiger partial charge in [-0.25, -0.2) is 0 Å². The molecule has 0 aromatic heterocycles. The molecule has 6 heteroatoms. The maximum absolute atomic E-state index is 13.0. The molecule has 6 nitrogen and oxygen atoms in total. The van der Waals surface area contributed by atoms with Crippen LogP contribution in [0, 0.1) is 12.8 Å². The van der Waals surface area contributed by atoms with E-state index in [1.54, 1.807) is 23.1 Å². The maximum atomic E-state index is 13.0. The lowest BCUT2D eigenvalue weighted by atomic mass is 10.1. The van der Waals surface area contributed by atoms with Crippen LogP contribution in [0.15, 0.2) is 18.2 Å². The zero-order valence-corrected chi connectivity index (χ0v) is 16.4. The lowest BCUT2D eigenvalue weighted by molar-refractivity contribution is -0.125. The van der Waals surface area contributed by atoms with Gasteiger partial charge in [0.15, 0.2) is 0 Å². The van der Waals surface area contributed by atoms with E-state index in [1.165, 1.54) is 0 Å². The Labute approximate surface area is 160 Å². The van der Waals surface area contributed by atoms with E-state index in [2.05, 4.69) is 10.6 Å². The average Bonchev–Trinajstić information content (AvgIpc) is 3.27. The molecule has 1 aliphatic heterocycles. The van der Waals surface area contributed by atoms with Crippen LogP contribution in [0.25, 0.3) is 0 Å². The summed E-state index contributed by atoms with van der Waals surface area (Å²) in [6.45, 7) is 6.48. The van der Waals surface area contributed by atoms with Gasteiger partial charge >= 0.3 is 0 Å². The Balaban J connectivity index is 1.68. The number of benzene rings is 1. The summed E-state index contributed by atoms with van der Waals surface area (Å²) in [5.41, 5.74) is 2.12. The lowest BCUT2D eigenvalue weighted by Gasteiger charge is -2.24. The highest BCUT2D eigenvalue weighted by molar-refractivity contribution is 5.99. The van der Waals surface area contributed by atoms with Gasteiger partial charge in [0.25, 0.3) is 5.91 Å². The van der Waals surface area contributed by atoms with Gasteiger partial charge < -0.3 is 15.5 Å². The van der Waals surface area contributed by atoms with Crippen molar-refractivity contribution in [1.29, 1.82) is 0 Å². The number of nitrogens with one attached hydrogen (secondary N) is 2. The molecule has 3 rings (SSSR count). The summed E-state index contributed by atoms with van der Waals surface area (Å²) >= 11 is 0. The number of rotatable bonds is 6. The van der Waals surface area contributed by atoms with Gasteiger partial charge in [-0.15, -0.1) is 0 Å². The number of nitrogens with zero attached hydrogens (tertiary/aromatic N) is 1. The Bertz CT molecular complexity index is 740. The third-order valence-electron chi connectivity index (χ3n) is 5.08. The summed E-state index contributed by atoms with van der Waals surface area (Å²) in [4.78, 5) is 39.0. The molecule has 0 bridgehead atoms. The van der Waals surface area contributed by atoms with Gasteiger partial charge in [0.05, 0.1) is 0 Å². The third-order valence-corrected chi connectivity index (χ3v) is 5.08. The Morgan fingerprint density at radius 2 is 1.93 bits per heavy atom. The van der Waals surface area contributed by atoms with Crippen molar-refractivity contribution >= 4 is 23.4 Å². The first-order valence-electron chi connectivity index (χ1n) is 9.87. The molecule has 1 heterocycles. The van der Waals surface area contributed by atoms with Crippen LogP contribution in [-0.4, -0.2) is 41.2 Å². The molecule has 1 aromatic carbocycles. The number of amides is 3. The molecule has 1 aromatic rings. The van der Waals surface area contributed by atoms with Crippen LogP contribution in [0.4, 0.5) is 5.69 Å². The molecule has 2 N–H and O–H groups in total. The second-order valence-corrected chi connectivity index (χ2v) is 8.12. The number of carbonyl (C=O) groups excluding carboxylic acids is 3. The molecule has 1 saturated carbocycles. The molecule has 146 valence electrons. The van der Waals surface area contributed by atoms with E-state index in [0.29, 0.717) is 36.9 Å². The molecule has 0 radical (unpaired) electrons. The summed E-state index contributed by atoms with van der Waals surface area (Å²) < 4.78 is 0. The summed E-state index contributed by atoms with van der Waals surface area (Å²) in [6.07, 6.45) is 4.10. The number of hydrogen-bond donors (Lipinski definition) is 2. The van der Waals surface area contributed by atoms with E-state index in [9.17, 15) is 14.4 Å². The predicted octanol–water partition coefficient (Wildman–Crippen LogP) is 2.86. The van der Waals surface area contributed by atoms with Gasteiger partial charge in [-0.2, -0.15) is 0 Å². The zero-order valence-electron chi connectivity index (χ0n) is 16.4. The summed E-state index contributed by atoms with van der Waals surface area (Å²) in [6, 6.07) is 5.22. The number of aryl methyl sites for hydroxylation is 1. The normalized spacial score (nSPS) is 19.3. The Kier molecular flexibility index (Phi) is 5.82. The molecule has 1 atom stereocenters. The molecule has 1 aliphatic carbocycles. The highest BCUT2D eigenvalue weighted by atomic mass is 16.2. The maximum Gasteiger partial charge on any atom is 0.254 e. The second-order valence-electron chi connectivity index (χ2n) is 8.12. The SMILES string of the molecule is Cc1cc(C(=O)N2CCCC2C(=O)NC2CC2)ccc1NC(=O)CC(C)C. The lowest BCUT2D eigenvalue weighted by Crippen LogP contribution is -2.46. The van der Waals surface area contributed by atoms with Crippen molar-refractivity contribution < 1.29 is 14.4 Å². The third kappa shape index (κ3) is 4.87. The van der Waals surface area contributed by atoms with E-state index in [0.717, 1.165) is 30.5 Å². The first-order chi connectivity index (χ1) is 12.8. The molecule has 27 heavy (non-hydrogen) atoms. The zero-order chi connectivity index (χ0) is 19.6. The van der Waals surface area contributed by atoms with Crippen LogP contribution >= 0.6 is 0 Å².